The lowest BCUT2D eigenvalue weighted by atomic mass is 9.87. The van der Waals surface area contributed by atoms with E-state index in [4.69, 9.17) is 4.74 Å². The van der Waals surface area contributed by atoms with Gasteiger partial charge in [0.25, 0.3) is 5.91 Å². The Morgan fingerprint density at radius 2 is 1.89 bits per heavy atom. The predicted octanol–water partition coefficient (Wildman–Crippen LogP) is 3.52. The van der Waals surface area contributed by atoms with Crippen molar-refractivity contribution in [1.29, 1.82) is 0 Å². The molecule has 1 saturated heterocycles. The second-order valence-electron chi connectivity index (χ2n) is 9.11. The molecule has 182 valence electrons. The summed E-state index contributed by atoms with van der Waals surface area (Å²) < 4.78 is 45.7. The number of carbonyl (C=O) groups excluding carboxylic acids is 1. The van der Waals surface area contributed by atoms with Crippen LogP contribution in [0.1, 0.15) is 27.0 Å². The van der Waals surface area contributed by atoms with Crippen molar-refractivity contribution in [2.45, 2.75) is 12.8 Å². The summed E-state index contributed by atoms with van der Waals surface area (Å²) in [6.45, 7) is 1.74. The van der Waals surface area contributed by atoms with Crippen LogP contribution < -0.4 is 10.2 Å². The van der Waals surface area contributed by atoms with Crippen molar-refractivity contribution in [2.75, 3.05) is 37.8 Å². The van der Waals surface area contributed by atoms with Crippen LogP contribution in [-0.4, -0.2) is 48.9 Å². The third-order valence-corrected chi connectivity index (χ3v) is 6.59. The van der Waals surface area contributed by atoms with Crippen LogP contribution in [0.2, 0.25) is 0 Å². The maximum atomic E-state index is 13.6. The fourth-order valence-electron chi connectivity index (χ4n) is 4.55. The van der Waals surface area contributed by atoms with E-state index in [1.165, 1.54) is 0 Å². The minimum Gasteiger partial charge on any atom is -0.396 e. The van der Waals surface area contributed by atoms with Crippen molar-refractivity contribution in [3.8, 4) is 0 Å². The molecule has 3 aromatic rings. The van der Waals surface area contributed by atoms with Gasteiger partial charge >= 0.3 is 0 Å². The molecule has 0 saturated carbocycles. The Kier molecular flexibility index (Phi) is 6.21. The van der Waals surface area contributed by atoms with Crippen molar-refractivity contribution in [2.24, 2.45) is 5.41 Å². The molecule has 0 unspecified atom stereocenters. The molecule has 0 bridgehead atoms. The highest BCUT2D eigenvalue weighted by Crippen LogP contribution is 2.36. The van der Waals surface area contributed by atoms with Crippen molar-refractivity contribution < 1.29 is 27.8 Å². The van der Waals surface area contributed by atoms with Gasteiger partial charge in [0.2, 0.25) is 0 Å². The van der Waals surface area contributed by atoms with Gasteiger partial charge in [0.15, 0.2) is 17.5 Å². The number of nitrogens with one attached hydrogen (secondary N) is 1. The summed E-state index contributed by atoms with van der Waals surface area (Å²) in [7, 11) is 0. The molecular formula is C26H24F3N3O3. The van der Waals surface area contributed by atoms with Crippen LogP contribution >= 0.6 is 0 Å². The normalized spacial score (nSPS) is 16.1. The Morgan fingerprint density at radius 1 is 1.11 bits per heavy atom. The van der Waals surface area contributed by atoms with Gasteiger partial charge in [-0.1, -0.05) is 6.07 Å². The Balaban J connectivity index is 1.35. The van der Waals surface area contributed by atoms with Crippen molar-refractivity contribution in [1.82, 2.24) is 10.3 Å². The lowest BCUT2D eigenvalue weighted by Gasteiger charge is -2.39. The highest BCUT2D eigenvalue weighted by atomic mass is 19.2. The number of halogens is 3. The zero-order valence-electron chi connectivity index (χ0n) is 18.9. The number of aliphatic hydroxyl groups excluding tert-OH is 1. The Hall–Kier alpha value is -3.43. The van der Waals surface area contributed by atoms with Gasteiger partial charge in [0, 0.05) is 30.5 Å². The van der Waals surface area contributed by atoms with Crippen LogP contribution in [0.5, 0.6) is 0 Å². The molecule has 2 N–H and O–H groups in total. The second-order valence-corrected chi connectivity index (χ2v) is 9.11. The molecule has 2 aliphatic rings. The largest absolute Gasteiger partial charge is 0.396 e. The van der Waals surface area contributed by atoms with E-state index < -0.39 is 22.9 Å². The number of aliphatic hydroxyl groups is 1. The van der Waals surface area contributed by atoms with Gasteiger partial charge in [0.05, 0.1) is 25.2 Å². The molecule has 35 heavy (non-hydrogen) atoms. The van der Waals surface area contributed by atoms with Gasteiger partial charge in [-0.15, -0.1) is 0 Å². The number of hydrogen-bond donors (Lipinski definition) is 2. The second kappa shape index (κ2) is 9.31. The van der Waals surface area contributed by atoms with Crippen LogP contribution in [0.15, 0.2) is 48.7 Å². The SMILES string of the molecule is O=C(NCC1(CO)COC1)c1cccc2c1CCN2c1cc(Cc2cc(F)c(F)c(F)c2)ccn1. The van der Waals surface area contributed by atoms with E-state index >= 15 is 0 Å². The van der Waals surface area contributed by atoms with Gasteiger partial charge in [-0.2, -0.15) is 0 Å². The van der Waals surface area contributed by atoms with Gasteiger partial charge in [0.1, 0.15) is 5.82 Å². The summed E-state index contributed by atoms with van der Waals surface area (Å²) in [5.41, 5.74) is 3.01. The summed E-state index contributed by atoms with van der Waals surface area (Å²) in [6, 6.07) is 11.1. The number of aromatic nitrogens is 1. The first-order valence-electron chi connectivity index (χ1n) is 11.3. The van der Waals surface area contributed by atoms with Crippen LogP contribution in [-0.2, 0) is 17.6 Å². The topological polar surface area (TPSA) is 74.7 Å². The van der Waals surface area contributed by atoms with E-state index in [2.05, 4.69) is 10.3 Å². The number of benzene rings is 2. The van der Waals surface area contributed by atoms with Crippen molar-refractivity contribution in [3.63, 3.8) is 0 Å². The molecule has 0 atom stereocenters. The minimum absolute atomic E-state index is 0.0484. The standard InChI is InChI=1S/C26H24F3N3O3/c27-20-9-17(10-21(28)24(20)29)8-16-4-6-30-23(11-16)32-7-5-18-19(2-1-3-22(18)32)25(34)31-12-26(13-33)14-35-15-26/h1-4,6,9-11,33H,5,7-8,12-15H2,(H,31,34). The summed E-state index contributed by atoms with van der Waals surface area (Å²) >= 11 is 0. The van der Waals surface area contributed by atoms with Gasteiger partial charge < -0.3 is 20.1 Å². The minimum atomic E-state index is -1.48. The van der Waals surface area contributed by atoms with E-state index in [0.29, 0.717) is 49.7 Å². The van der Waals surface area contributed by atoms with Crippen molar-refractivity contribution in [3.05, 3.63) is 88.4 Å². The number of ether oxygens (including phenoxy) is 1. The molecule has 1 fully saturated rings. The van der Waals surface area contributed by atoms with Gasteiger partial charge in [-0.3, -0.25) is 4.79 Å². The van der Waals surface area contributed by atoms with Crippen molar-refractivity contribution >= 4 is 17.4 Å². The summed E-state index contributed by atoms with van der Waals surface area (Å²) in [5.74, 6) is -3.48. The molecule has 1 aromatic heterocycles. The maximum absolute atomic E-state index is 13.6. The molecule has 0 aliphatic carbocycles. The zero-order valence-corrected chi connectivity index (χ0v) is 18.9. The number of pyridine rings is 1. The van der Waals surface area contributed by atoms with Gasteiger partial charge in [-0.25, -0.2) is 18.2 Å². The lowest BCUT2D eigenvalue weighted by molar-refractivity contribution is -0.133. The highest BCUT2D eigenvalue weighted by Gasteiger charge is 2.38. The highest BCUT2D eigenvalue weighted by molar-refractivity contribution is 5.98. The Bertz CT molecular complexity index is 1250. The average Bonchev–Trinajstić information content (AvgIpc) is 3.26. The molecule has 3 heterocycles. The van der Waals surface area contributed by atoms with E-state index in [1.54, 1.807) is 18.3 Å². The number of anilines is 2. The number of hydrogen-bond acceptors (Lipinski definition) is 5. The quantitative estimate of drug-likeness (QED) is 0.503. The molecule has 9 heteroatoms. The number of nitrogens with zero attached hydrogens (tertiary/aromatic N) is 2. The number of carbonyl (C=O) groups is 1. The number of amides is 1. The first-order chi connectivity index (χ1) is 16.9. The van der Waals surface area contributed by atoms with Crippen LogP contribution in [0.4, 0.5) is 24.7 Å². The molecule has 6 nitrogen and oxygen atoms in total. The first kappa shape index (κ1) is 23.3. The molecular weight excluding hydrogens is 459 g/mol. The van der Waals surface area contributed by atoms with E-state index in [9.17, 15) is 23.1 Å². The van der Waals surface area contributed by atoms with Gasteiger partial charge in [-0.05, 0) is 65.9 Å². The molecule has 5 rings (SSSR count). The fraction of sp³-hybridized carbons (Fsp3) is 0.308. The zero-order chi connectivity index (χ0) is 24.6. The summed E-state index contributed by atoms with van der Waals surface area (Å²) in [4.78, 5) is 19.4. The van der Waals surface area contributed by atoms with Crippen LogP contribution in [0, 0.1) is 22.9 Å². The van der Waals surface area contributed by atoms with Crippen LogP contribution in [0.3, 0.4) is 0 Å². The molecule has 0 radical (unpaired) electrons. The molecule has 0 spiro atoms. The van der Waals surface area contributed by atoms with E-state index in [-0.39, 0.29) is 18.9 Å². The predicted molar refractivity (Wildman–Crippen MR) is 123 cm³/mol. The third kappa shape index (κ3) is 4.49. The average molecular weight is 483 g/mol. The van der Waals surface area contributed by atoms with E-state index in [0.717, 1.165) is 28.9 Å². The fourth-order valence-corrected chi connectivity index (χ4v) is 4.55. The maximum Gasteiger partial charge on any atom is 0.251 e. The Labute approximate surface area is 200 Å². The molecule has 2 aliphatic heterocycles. The summed E-state index contributed by atoms with van der Waals surface area (Å²) in [5, 5.41) is 12.5. The lowest BCUT2D eigenvalue weighted by Crippen LogP contribution is -2.53. The van der Waals surface area contributed by atoms with Crippen LogP contribution in [0.25, 0.3) is 0 Å². The smallest absolute Gasteiger partial charge is 0.251 e. The monoisotopic (exact) mass is 483 g/mol. The first-order valence-corrected chi connectivity index (χ1v) is 11.3. The number of rotatable bonds is 7. The third-order valence-electron chi connectivity index (χ3n) is 6.59. The molecule has 2 aromatic carbocycles. The van der Waals surface area contributed by atoms with E-state index in [1.807, 2.05) is 23.1 Å². The summed E-state index contributed by atoms with van der Waals surface area (Å²) in [6.07, 6.45) is 2.47. The number of fused-ring (bicyclic) bond motifs is 1. The Morgan fingerprint density at radius 3 is 2.57 bits per heavy atom. The molecule has 1 amide bonds.